The van der Waals surface area contributed by atoms with Gasteiger partial charge < -0.3 is 0 Å². The summed E-state index contributed by atoms with van der Waals surface area (Å²) in [6.45, 7) is 6.49. The number of hydrogen-bond acceptors (Lipinski definition) is 3. The Morgan fingerprint density at radius 3 is 2.65 bits per heavy atom. The van der Waals surface area contributed by atoms with Crippen LogP contribution in [-0.4, -0.2) is 15.2 Å². The SMILES string of the molecule is CC(C)C(C)Sc1ncnc2ccc(F)cc12. The average molecular weight is 250 g/mol. The first-order valence-electron chi connectivity index (χ1n) is 5.65. The van der Waals surface area contributed by atoms with Gasteiger partial charge in [0.15, 0.2) is 0 Å². The van der Waals surface area contributed by atoms with E-state index in [1.807, 2.05) is 0 Å². The van der Waals surface area contributed by atoms with Crippen LogP contribution in [0, 0.1) is 11.7 Å². The second kappa shape index (κ2) is 5.00. The van der Waals surface area contributed by atoms with Gasteiger partial charge in [-0.25, -0.2) is 14.4 Å². The Labute approximate surface area is 105 Å². The third-order valence-electron chi connectivity index (χ3n) is 2.80. The van der Waals surface area contributed by atoms with Gasteiger partial charge >= 0.3 is 0 Å². The van der Waals surface area contributed by atoms with E-state index in [-0.39, 0.29) is 5.82 Å². The van der Waals surface area contributed by atoms with Crippen LogP contribution in [0.1, 0.15) is 20.8 Å². The summed E-state index contributed by atoms with van der Waals surface area (Å²) in [5.41, 5.74) is 0.792. The Morgan fingerprint density at radius 1 is 1.18 bits per heavy atom. The summed E-state index contributed by atoms with van der Waals surface area (Å²) in [6.07, 6.45) is 1.54. The molecule has 90 valence electrons. The molecule has 1 aromatic heterocycles. The van der Waals surface area contributed by atoms with Crippen LogP contribution >= 0.6 is 11.8 Å². The van der Waals surface area contributed by atoms with E-state index in [0.717, 1.165) is 15.9 Å². The Morgan fingerprint density at radius 2 is 1.94 bits per heavy atom. The predicted molar refractivity (Wildman–Crippen MR) is 69.7 cm³/mol. The Hall–Kier alpha value is -1.16. The summed E-state index contributed by atoms with van der Waals surface area (Å²) in [4.78, 5) is 8.40. The van der Waals surface area contributed by atoms with Crippen molar-refractivity contribution in [1.82, 2.24) is 9.97 Å². The minimum absolute atomic E-state index is 0.244. The quantitative estimate of drug-likeness (QED) is 0.610. The third-order valence-corrected chi connectivity index (χ3v) is 4.26. The van der Waals surface area contributed by atoms with Gasteiger partial charge in [0.1, 0.15) is 17.2 Å². The molecule has 0 aliphatic heterocycles. The molecular weight excluding hydrogens is 235 g/mol. The molecule has 0 N–H and O–H groups in total. The maximum Gasteiger partial charge on any atom is 0.124 e. The van der Waals surface area contributed by atoms with Gasteiger partial charge in [0.25, 0.3) is 0 Å². The number of hydrogen-bond donors (Lipinski definition) is 0. The van der Waals surface area contributed by atoms with E-state index in [1.165, 1.54) is 18.5 Å². The van der Waals surface area contributed by atoms with Crippen molar-refractivity contribution in [2.24, 2.45) is 5.92 Å². The molecule has 2 rings (SSSR count). The second-order valence-electron chi connectivity index (χ2n) is 4.41. The number of benzene rings is 1. The normalized spacial score (nSPS) is 13.2. The molecule has 0 amide bonds. The molecule has 0 bridgehead atoms. The molecular formula is C13H15FN2S. The maximum absolute atomic E-state index is 13.2. The first kappa shape index (κ1) is 12.3. The zero-order chi connectivity index (χ0) is 12.4. The summed E-state index contributed by atoms with van der Waals surface area (Å²) in [5, 5.41) is 2.09. The third kappa shape index (κ3) is 2.75. The molecule has 0 aliphatic carbocycles. The molecule has 1 atom stereocenters. The van der Waals surface area contributed by atoms with Gasteiger partial charge in [0.05, 0.1) is 5.52 Å². The van der Waals surface area contributed by atoms with Crippen LogP contribution in [-0.2, 0) is 0 Å². The van der Waals surface area contributed by atoms with Crippen molar-refractivity contribution in [2.45, 2.75) is 31.0 Å². The van der Waals surface area contributed by atoms with Crippen molar-refractivity contribution in [3.05, 3.63) is 30.3 Å². The minimum atomic E-state index is -0.244. The molecule has 1 heterocycles. The summed E-state index contributed by atoms with van der Waals surface area (Å²) >= 11 is 1.67. The van der Waals surface area contributed by atoms with Crippen molar-refractivity contribution in [1.29, 1.82) is 0 Å². The van der Waals surface area contributed by atoms with E-state index in [4.69, 9.17) is 0 Å². The number of aromatic nitrogens is 2. The highest BCUT2D eigenvalue weighted by Crippen LogP contribution is 2.31. The van der Waals surface area contributed by atoms with Crippen LogP contribution in [0.2, 0.25) is 0 Å². The highest BCUT2D eigenvalue weighted by Gasteiger charge is 2.12. The summed E-state index contributed by atoms with van der Waals surface area (Å²) in [7, 11) is 0. The zero-order valence-corrected chi connectivity index (χ0v) is 11.0. The largest absolute Gasteiger partial charge is 0.236 e. The van der Waals surface area contributed by atoms with Crippen LogP contribution < -0.4 is 0 Å². The molecule has 0 saturated carbocycles. The zero-order valence-electron chi connectivity index (χ0n) is 10.1. The lowest BCUT2D eigenvalue weighted by Gasteiger charge is -2.15. The lowest BCUT2D eigenvalue weighted by atomic mass is 10.2. The van der Waals surface area contributed by atoms with Crippen molar-refractivity contribution >= 4 is 22.7 Å². The Bertz CT molecular complexity index is 528. The van der Waals surface area contributed by atoms with Crippen molar-refractivity contribution in [3.63, 3.8) is 0 Å². The second-order valence-corrected chi connectivity index (χ2v) is 5.77. The molecule has 0 radical (unpaired) electrons. The molecule has 2 aromatic rings. The van der Waals surface area contributed by atoms with Gasteiger partial charge in [-0.2, -0.15) is 0 Å². The van der Waals surface area contributed by atoms with Gasteiger partial charge in [0.2, 0.25) is 0 Å². The van der Waals surface area contributed by atoms with Crippen molar-refractivity contribution < 1.29 is 4.39 Å². The van der Waals surface area contributed by atoms with E-state index < -0.39 is 0 Å². The molecule has 1 aromatic carbocycles. The van der Waals surface area contributed by atoms with Crippen molar-refractivity contribution in [2.75, 3.05) is 0 Å². The van der Waals surface area contributed by atoms with Gasteiger partial charge in [-0.15, -0.1) is 11.8 Å². The topological polar surface area (TPSA) is 25.8 Å². The van der Waals surface area contributed by atoms with Crippen LogP contribution in [0.4, 0.5) is 4.39 Å². The molecule has 0 spiro atoms. The smallest absolute Gasteiger partial charge is 0.124 e. The Kier molecular flexibility index (Phi) is 3.62. The number of fused-ring (bicyclic) bond motifs is 1. The highest BCUT2D eigenvalue weighted by atomic mass is 32.2. The predicted octanol–water partition coefficient (Wildman–Crippen LogP) is 3.91. The lowest BCUT2D eigenvalue weighted by molar-refractivity contribution is 0.629. The van der Waals surface area contributed by atoms with Crippen LogP contribution in [0.3, 0.4) is 0 Å². The molecule has 0 fully saturated rings. The number of thioether (sulfide) groups is 1. The maximum atomic E-state index is 13.2. The fraction of sp³-hybridized carbons (Fsp3) is 0.385. The van der Waals surface area contributed by atoms with E-state index in [1.54, 1.807) is 17.8 Å². The van der Waals surface area contributed by atoms with Gasteiger partial charge in [0, 0.05) is 10.6 Å². The van der Waals surface area contributed by atoms with E-state index in [2.05, 4.69) is 30.7 Å². The highest BCUT2D eigenvalue weighted by molar-refractivity contribution is 8.00. The minimum Gasteiger partial charge on any atom is -0.236 e. The van der Waals surface area contributed by atoms with E-state index in [0.29, 0.717) is 11.2 Å². The van der Waals surface area contributed by atoms with Crippen LogP contribution in [0.25, 0.3) is 10.9 Å². The van der Waals surface area contributed by atoms with E-state index in [9.17, 15) is 4.39 Å². The lowest BCUT2D eigenvalue weighted by Crippen LogP contribution is -2.06. The number of halogens is 1. The summed E-state index contributed by atoms with van der Waals surface area (Å²) in [6, 6.07) is 4.62. The molecule has 1 unspecified atom stereocenters. The summed E-state index contributed by atoms with van der Waals surface area (Å²) < 4.78 is 13.2. The standard InChI is InChI=1S/C13H15FN2S/c1-8(2)9(3)17-13-11-6-10(14)4-5-12(11)15-7-16-13/h4-9H,1-3H3. The average Bonchev–Trinajstić information content (AvgIpc) is 2.29. The fourth-order valence-electron chi connectivity index (χ4n) is 1.41. The Balaban J connectivity index is 2.43. The fourth-order valence-corrected chi connectivity index (χ4v) is 2.43. The van der Waals surface area contributed by atoms with Gasteiger partial charge in [-0.3, -0.25) is 0 Å². The summed E-state index contributed by atoms with van der Waals surface area (Å²) in [5.74, 6) is 0.310. The first-order valence-corrected chi connectivity index (χ1v) is 6.53. The molecule has 17 heavy (non-hydrogen) atoms. The van der Waals surface area contributed by atoms with Gasteiger partial charge in [-0.1, -0.05) is 20.8 Å². The first-order chi connectivity index (χ1) is 8.08. The van der Waals surface area contributed by atoms with Crippen LogP contribution in [0.15, 0.2) is 29.6 Å². The van der Waals surface area contributed by atoms with Gasteiger partial charge in [-0.05, 0) is 24.1 Å². The number of rotatable bonds is 3. The molecule has 2 nitrogen and oxygen atoms in total. The van der Waals surface area contributed by atoms with Crippen LogP contribution in [0.5, 0.6) is 0 Å². The van der Waals surface area contributed by atoms with Crippen molar-refractivity contribution in [3.8, 4) is 0 Å². The molecule has 0 saturated heterocycles. The molecule has 4 heteroatoms. The monoisotopic (exact) mass is 250 g/mol. The molecule has 0 aliphatic rings. The van der Waals surface area contributed by atoms with E-state index >= 15 is 0 Å². The number of nitrogens with zero attached hydrogens (tertiary/aromatic N) is 2.